The lowest BCUT2D eigenvalue weighted by Gasteiger charge is -2.03. The molecule has 0 spiro atoms. The molecule has 2 aromatic carbocycles. The minimum Gasteiger partial charge on any atom is -0.507 e. The summed E-state index contributed by atoms with van der Waals surface area (Å²) in [7, 11) is 0. The van der Waals surface area contributed by atoms with Crippen molar-refractivity contribution >= 4 is 35.3 Å². The molecule has 21 heavy (non-hydrogen) atoms. The fraction of sp³-hybridized carbons (Fsp3) is 0. The number of phenols is 2. The molecule has 0 atom stereocenters. The number of phenolic OH excluding ortho intramolecular Hbond substituents is 2. The fourth-order valence-corrected chi connectivity index (χ4v) is 2.08. The molecule has 0 unspecified atom stereocenters. The summed E-state index contributed by atoms with van der Waals surface area (Å²) in [6.45, 7) is 0. The quantitative estimate of drug-likeness (QED) is 0.599. The summed E-state index contributed by atoms with van der Waals surface area (Å²) in [5.74, 6) is -0.933. The smallest absolute Gasteiger partial charge is 0.275 e. The summed E-state index contributed by atoms with van der Waals surface area (Å²) < 4.78 is 0. The third kappa shape index (κ3) is 3.65. The van der Waals surface area contributed by atoms with Crippen LogP contribution in [0, 0.1) is 0 Å². The molecule has 3 N–H and O–H groups in total. The molecule has 108 valence electrons. The van der Waals surface area contributed by atoms with E-state index in [9.17, 15) is 15.0 Å². The van der Waals surface area contributed by atoms with Gasteiger partial charge in [0.2, 0.25) is 0 Å². The zero-order valence-corrected chi connectivity index (χ0v) is 12.1. The molecular formula is C14H10Cl2N2O3. The molecular weight excluding hydrogens is 315 g/mol. The molecule has 0 bridgehead atoms. The minimum absolute atomic E-state index is 0.0796. The first-order valence-electron chi connectivity index (χ1n) is 5.78. The molecule has 0 radical (unpaired) electrons. The van der Waals surface area contributed by atoms with E-state index in [1.165, 1.54) is 30.5 Å². The molecule has 0 aliphatic rings. The molecule has 0 fully saturated rings. The Morgan fingerprint density at radius 3 is 2.62 bits per heavy atom. The average Bonchev–Trinajstić information content (AvgIpc) is 2.44. The fourth-order valence-electron chi connectivity index (χ4n) is 1.57. The molecule has 0 saturated carbocycles. The van der Waals surface area contributed by atoms with E-state index in [0.29, 0.717) is 5.02 Å². The van der Waals surface area contributed by atoms with Crippen molar-refractivity contribution in [3.05, 3.63) is 57.6 Å². The number of carbonyl (C=O) groups is 1. The second-order valence-electron chi connectivity index (χ2n) is 4.04. The van der Waals surface area contributed by atoms with Crippen LogP contribution >= 0.6 is 23.2 Å². The first kappa shape index (κ1) is 15.2. The van der Waals surface area contributed by atoms with Crippen molar-refractivity contribution < 1.29 is 15.0 Å². The van der Waals surface area contributed by atoms with Gasteiger partial charge in [0.15, 0.2) is 0 Å². The minimum atomic E-state index is -0.586. The van der Waals surface area contributed by atoms with E-state index in [1.54, 1.807) is 12.1 Å². The Morgan fingerprint density at radius 2 is 1.90 bits per heavy atom. The van der Waals surface area contributed by atoms with Crippen molar-refractivity contribution in [2.75, 3.05) is 0 Å². The Hall–Kier alpha value is -2.24. The number of carbonyl (C=O) groups excluding carboxylic acids is 1. The highest BCUT2D eigenvalue weighted by Crippen LogP contribution is 2.29. The van der Waals surface area contributed by atoms with E-state index < -0.39 is 5.91 Å². The van der Waals surface area contributed by atoms with Gasteiger partial charge in [0.25, 0.3) is 5.91 Å². The Bertz CT molecular complexity index is 717. The number of amides is 1. The van der Waals surface area contributed by atoms with Gasteiger partial charge in [-0.05, 0) is 24.3 Å². The number of hydrogen-bond donors (Lipinski definition) is 3. The van der Waals surface area contributed by atoms with Gasteiger partial charge in [0, 0.05) is 10.6 Å². The van der Waals surface area contributed by atoms with E-state index in [1.807, 2.05) is 0 Å². The number of halogens is 2. The summed E-state index contributed by atoms with van der Waals surface area (Å²) in [5, 5.41) is 23.3. The third-order valence-corrected chi connectivity index (χ3v) is 3.08. The number of hydrazone groups is 1. The van der Waals surface area contributed by atoms with Gasteiger partial charge in [-0.1, -0.05) is 35.3 Å². The maximum absolute atomic E-state index is 11.8. The van der Waals surface area contributed by atoms with E-state index in [2.05, 4.69) is 10.5 Å². The maximum atomic E-state index is 11.8. The van der Waals surface area contributed by atoms with Gasteiger partial charge < -0.3 is 10.2 Å². The van der Waals surface area contributed by atoms with Crippen LogP contribution in [0.5, 0.6) is 11.5 Å². The number of para-hydroxylation sites is 1. The van der Waals surface area contributed by atoms with Crippen LogP contribution in [0.4, 0.5) is 0 Å². The average molecular weight is 325 g/mol. The molecule has 0 aliphatic carbocycles. The molecule has 2 rings (SSSR count). The lowest BCUT2D eigenvalue weighted by molar-refractivity contribution is 0.0952. The lowest BCUT2D eigenvalue weighted by atomic mass is 10.2. The molecule has 5 nitrogen and oxygen atoms in total. The van der Waals surface area contributed by atoms with Crippen molar-refractivity contribution in [1.82, 2.24) is 5.43 Å². The molecule has 2 aromatic rings. The van der Waals surface area contributed by atoms with Gasteiger partial charge in [-0.3, -0.25) is 4.79 Å². The van der Waals surface area contributed by atoms with Gasteiger partial charge in [-0.15, -0.1) is 0 Å². The van der Waals surface area contributed by atoms with Crippen LogP contribution in [-0.4, -0.2) is 22.3 Å². The lowest BCUT2D eigenvalue weighted by Crippen LogP contribution is -2.17. The predicted octanol–water partition coefficient (Wildman–Crippen LogP) is 3.17. The highest BCUT2D eigenvalue weighted by Gasteiger charge is 2.09. The number of aromatic hydroxyl groups is 2. The SMILES string of the molecule is O=C(N/N=C\c1cc(Cl)cc(Cl)c1O)c1ccccc1O. The van der Waals surface area contributed by atoms with Crippen LogP contribution in [0.15, 0.2) is 41.5 Å². The summed E-state index contributed by atoms with van der Waals surface area (Å²) in [6.07, 6.45) is 1.20. The van der Waals surface area contributed by atoms with E-state index in [4.69, 9.17) is 23.2 Å². The van der Waals surface area contributed by atoms with Crippen LogP contribution in [-0.2, 0) is 0 Å². The monoisotopic (exact) mass is 324 g/mol. The zero-order chi connectivity index (χ0) is 15.4. The van der Waals surface area contributed by atoms with Gasteiger partial charge in [-0.25, -0.2) is 5.43 Å². The predicted molar refractivity (Wildman–Crippen MR) is 81.3 cm³/mol. The van der Waals surface area contributed by atoms with Crippen LogP contribution in [0.3, 0.4) is 0 Å². The number of hydrogen-bond acceptors (Lipinski definition) is 4. The number of nitrogens with one attached hydrogen (secondary N) is 1. The second kappa shape index (κ2) is 6.47. The van der Waals surface area contributed by atoms with Crippen molar-refractivity contribution in [2.24, 2.45) is 5.10 Å². The molecule has 0 heterocycles. The highest BCUT2D eigenvalue weighted by atomic mass is 35.5. The van der Waals surface area contributed by atoms with Crippen molar-refractivity contribution in [2.45, 2.75) is 0 Å². The largest absolute Gasteiger partial charge is 0.507 e. The molecule has 7 heteroatoms. The van der Waals surface area contributed by atoms with Gasteiger partial charge >= 0.3 is 0 Å². The third-order valence-electron chi connectivity index (χ3n) is 2.58. The van der Waals surface area contributed by atoms with Gasteiger partial charge in [-0.2, -0.15) is 5.10 Å². The molecule has 0 aromatic heterocycles. The second-order valence-corrected chi connectivity index (χ2v) is 4.89. The summed E-state index contributed by atoms with van der Waals surface area (Å²) in [4.78, 5) is 11.8. The van der Waals surface area contributed by atoms with Crippen LogP contribution in [0.25, 0.3) is 0 Å². The first-order valence-corrected chi connectivity index (χ1v) is 6.54. The van der Waals surface area contributed by atoms with Crippen molar-refractivity contribution in [3.63, 3.8) is 0 Å². The van der Waals surface area contributed by atoms with E-state index in [-0.39, 0.29) is 27.6 Å². The summed E-state index contributed by atoms with van der Waals surface area (Å²) in [5.41, 5.74) is 2.57. The first-order chi connectivity index (χ1) is 9.99. The Kier molecular flexibility index (Phi) is 4.67. The maximum Gasteiger partial charge on any atom is 0.275 e. The number of nitrogens with zero attached hydrogens (tertiary/aromatic N) is 1. The standard InChI is InChI=1S/C14H10Cl2N2O3/c15-9-5-8(13(20)11(16)6-9)7-17-18-14(21)10-3-1-2-4-12(10)19/h1-7,19-20H,(H,18,21)/b17-7-. The Balaban J connectivity index is 2.13. The highest BCUT2D eigenvalue weighted by molar-refractivity contribution is 6.36. The summed E-state index contributed by atoms with van der Waals surface area (Å²) in [6, 6.07) is 8.88. The Labute approximate surface area is 130 Å². The van der Waals surface area contributed by atoms with Crippen LogP contribution in [0.2, 0.25) is 10.0 Å². The number of benzene rings is 2. The topological polar surface area (TPSA) is 81.9 Å². The van der Waals surface area contributed by atoms with Crippen molar-refractivity contribution in [1.29, 1.82) is 0 Å². The van der Waals surface area contributed by atoms with Gasteiger partial charge in [0.1, 0.15) is 11.5 Å². The zero-order valence-electron chi connectivity index (χ0n) is 10.5. The van der Waals surface area contributed by atoms with E-state index in [0.717, 1.165) is 0 Å². The molecule has 1 amide bonds. The normalized spacial score (nSPS) is 10.8. The van der Waals surface area contributed by atoms with Gasteiger partial charge in [0.05, 0.1) is 16.8 Å². The van der Waals surface area contributed by atoms with Crippen LogP contribution in [0.1, 0.15) is 15.9 Å². The Morgan fingerprint density at radius 1 is 1.19 bits per heavy atom. The van der Waals surface area contributed by atoms with Crippen molar-refractivity contribution in [3.8, 4) is 11.5 Å². The van der Waals surface area contributed by atoms with Crippen LogP contribution < -0.4 is 5.43 Å². The van der Waals surface area contributed by atoms with E-state index >= 15 is 0 Å². The molecule has 0 saturated heterocycles. The number of rotatable bonds is 3. The summed E-state index contributed by atoms with van der Waals surface area (Å²) >= 11 is 11.6. The molecule has 0 aliphatic heterocycles.